The van der Waals surface area contributed by atoms with Crippen molar-refractivity contribution in [3.63, 3.8) is 0 Å². The van der Waals surface area contributed by atoms with Gasteiger partial charge in [-0.2, -0.15) is 0 Å². The van der Waals surface area contributed by atoms with Crippen molar-refractivity contribution in [2.24, 2.45) is 5.92 Å². The standard InChI is InChI=1S/C12H15N/c1-10-6-7-13-9-12(10)8-11-4-2-3-5-11/h2-3,6-7,9,11H,4-5,8H2,1H3. The molecule has 0 radical (unpaired) electrons. The summed E-state index contributed by atoms with van der Waals surface area (Å²) in [6, 6.07) is 2.09. The third-order valence-electron chi connectivity index (χ3n) is 2.76. The van der Waals surface area contributed by atoms with Crippen LogP contribution in [0.25, 0.3) is 0 Å². The summed E-state index contributed by atoms with van der Waals surface area (Å²) in [6.45, 7) is 2.17. The lowest BCUT2D eigenvalue weighted by Gasteiger charge is -2.10. The van der Waals surface area contributed by atoms with Crippen LogP contribution >= 0.6 is 0 Å². The van der Waals surface area contributed by atoms with Crippen molar-refractivity contribution in [2.45, 2.75) is 26.2 Å². The Kier molecular flexibility index (Phi) is 2.44. The van der Waals surface area contributed by atoms with Gasteiger partial charge in [0.25, 0.3) is 0 Å². The van der Waals surface area contributed by atoms with E-state index in [9.17, 15) is 0 Å². The Morgan fingerprint density at radius 1 is 1.38 bits per heavy atom. The van der Waals surface area contributed by atoms with Crippen LogP contribution in [0.15, 0.2) is 30.6 Å². The molecule has 0 saturated heterocycles. The number of allylic oxidation sites excluding steroid dienone is 2. The van der Waals surface area contributed by atoms with Gasteiger partial charge < -0.3 is 0 Å². The summed E-state index contributed by atoms with van der Waals surface area (Å²) in [6.07, 6.45) is 12.1. The van der Waals surface area contributed by atoms with Gasteiger partial charge in [-0.05, 0) is 49.3 Å². The van der Waals surface area contributed by atoms with E-state index in [2.05, 4.69) is 30.1 Å². The van der Waals surface area contributed by atoms with E-state index >= 15 is 0 Å². The molecule has 0 N–H and O–H groups in total. The van der Waals surface area contributed by atoms with Gasteiger partial charge >= 0.3 is 0 Å². The number of rotatable bonds is 2. The maximum Gasteiger partial charge on any atom is 0.0302 e. The average Bonchev–Trinajstić information content (AvgIpc) is 2.61. The van der Waals surface area contributed by atoms with Crippen molar-refractivity contribution in [2.75, 3.05) is 0 Å². The van der Waals surface area contributed by atoms with Crippen LogP contribution in [0.1, 0.15) is 24.0 Å². The zero-order valence-electron chi connectivity index (χ0n) is 8.03. The van der Waals surface area contributed by atoms with Crippen LogP contribution < -0.4 is 0 Å². The highest BCUT2D eigenvalue weighted by molar-refractivity contribution is 5.22. The molecule has 0 aliphatic heterocycles. The Bertz CT molecular complexity index is 307. The zero-order valence-corrected chi connectivity index (χ0v) is 8.03. The van der Waals surface area contributed by atoms with E-state index in [0.29, 0.717) is 0 Å². The van der Waals surface area contributed by atoms with Gasteiger partial charge in [-0.1, -0.05) is 12.2 Å². The minimum absolute atomic E-state index is 0.822. The molecule has 0 atom stereocenters. The number of aryl methyl sites for hydroxylation is 1. The van der Waals surface area contributed by atoms with Crippen LogP contribution in [0.5, 0.6) is 0 Å². The average molecular weight is 173 g/mol. The monoisotopic (exact) mass is 173 g/mol. The van der Waals surface area contributed by atoms with Crippen molar-refractivity contribution in [1.29, 1.82) is 0 Å². The summed E-state index contributed by atoms with van der Waals surface area (Å²) in [7, 11) is 0. The van der Waals surface area contributed by atoms with E-state index in [-0.39, 0.29) is 0 Å². The molecule has 1 aromatic rings. The Labute approximate surface area is 79.5 Å². The Hall–Kier alpha value is -1.11. The van der Waals surface area contributed by atoms with E-state index < -0.39 is 0 Å². The van der Waals surface area contributed by atoms with Gasteiger partial charge in [-0.15, -0.1) is 0 Å². The molecule has 1 heterocycles. The molecule has 0 amide bonds. The first kappa shape index (κ1) is 8.49. The van der Waals surface area contributed by atoms with Crippen molar-refractivity contribution in [3.8, 4) is 0 Å². The lowest BCUT2D eigenvalue weighted by Crippen LogP contribution is -2.01. The molecule has 1 heteroatoms. The number of nitrogens with zero attached hydrogens (tertiary/aromatic N) is 1. The van der Waals surface area contributed by atoms with Gasteiger partial charge in [0.15, 0.2) is 0 Å². The number of hydrogen-bond donors (Lipinski definition) is 0. The molecule has 1 aliphatic rings. The lowest BCUT2D eigenvalue weighted by atomic mass is 9.96. The van der Waals surface area contributed by atoms with Crippen molar-refractivity contribution >= 4 is 0 Å². The highest BCUT2D eigenvalue weighted by Gasteiger charge is 2.11. The molecule has 68 valence electrons. The van der Waals surface area contributed by atoms with E-state index in [1.54, 1.807) is 0 Å². The maximum atomic E-state index is 4.17. The smallest absolute Gasteiger partial charge is 0.0302 e. The quantitative estimate of drug-likeness (QED) is 0.627. The number of aromatic nitrogens is 1. The van der Waals surface area contributed by atoms with Crippen molar-refractivity contribution in [1.82, 2.24) is 4.98 Å². The van der Waals surface area contributed by atoms with Gasteiger partial charge in [-0.3, -0.25) is 4.98 Å². The summed E-state index contributed by atoms with van der Waals surface area (Å²) in [4.78, 5) is 4.17. The predicted octanol–water partition coefficient (Wildman–Crippen LogP) is 2.90. The van der Waals surface area contributed by atoms with Gasteiger partial charge in [0, 0.05) is 12.4 Å². The summed E-state index contributed by atoms with van der Waals surface area (Å²) < 4.78 is 0. The van der Waals surface area contributed by atoms with Crippen molar-refractivity contribution in [3.05, 3.63) is 41.7 Å². The Morgan fingerprint density at radius 2 is 2.15 bits per heavy atom. The van der Waals surface area contributed by atoms with E-state index in [1.807, 2.05) is 12.4 Å². The molecule has 0 saturated carbocycles. The van der Waals surface area contributed by atoms with Gasteiger partial charge in [0.1, 0.15) is 0 Å². The molecule has 2 rings (SSSR count). The number of pyridine rings is 1. The zero-order chi connectivity index (χ0) is 9.10. The Balaban J connectivity index is 2.05. The molecule has 0 spiro atoms. The summed E-state index contributed by atoms with van der Waals surface area (Å²) >= 11 is 0. The highest BCUT2D eigenvalue weighted by Crippen LogP contribution is 2.23. The first-order chi connectivity index (χ1) is 6.36. The highest BCUT2D eigenvalue weighted by atomic mass is 14.6. The molecule has 1 aliphatic carbocycles. The summed E-state index contributed by atoms with van der Waals surface area (Å²) in [5, 5.41) is 0. The van der Waals surface area contributed by atoms with Gasteiger partial charge in [-0.25, -0.2) is 0 Å². The first-order valence-corrected chi connectivity index (χ1v) is 4.91. The van der Waals surface area contributed by atoms with Crippen LogP contribution in [0.2, 0.25) is 0 Å². The van der Waals surface area contributed by atoms with E-state index in [1.165, 1.54) is 30.4 Å². The fourth-order valence-electron chi connectivity index (χ4n) is 1.86. The predicted molar refractivity (Wildman–Crippen MR) is 54.5 cm³/mol. The normalized spacial score (nSPS) is 16.7. The Morgan fingerprint density at radius 3 is 2.85 bits per heavy atom. The second kappa shape index (κ2) is 3.73. The second-order valence-electron chi connectivity index (χ2n) is 3.82. The maximum absolute atomic E-state index is 4.17. The molecule has 0 bridgehead atoms. The van der Waals surface area contributed by atoms with Crippen molar-refractivity contribution < 1.29 is 0 Å². The summed E-state index contributed by atoms with van der Waals surface area (Å²) in [5.74, 6) is 0.822. The SMILES string of the molecule is Cc1ccncc1CC1CC=CC1. The molecule has 13 heavy (non-hydrogen) atoms. The van der Waals surface area contributed by atoms with E-state index in [4.69, 9.17) is 0 Å². The van der Waals surface area contributed by atoms with Gasteiger partial charge in [0.05, 0.1) is 0 Å². The molecule has 0 fully saturated rings. The minimum Gasteiger partial charge on any atom is -0.264 e. The van der Waals surface area contributed by atoms with Crippen LogP contribution in [0, 0.1) is 12.8 Å². The first-order valence-electron chi connectivity index (χ1n) is 4.91. The topological polar surface area (TPSA) is 12.9 Å². The van der Waals surface area contributed by atoms with Gasteiger partial charge in [0.2, 0.25) is 0 Å². The fraction of sp³-hybridized carbons (Fsp3) is 0.417. The van der Waals surface area contributed by atoms with Crippen LogP contribution in [-0.2, 0) is 6.42 Å². The molecule has 0 aromatic carbocycles. The molecule has 0 unspecified atom stereocenters. The van der Waals surface area contributed by atoms with Crippen LogP contribution in [-0.4, -0.2) is 4.98 Å². The molecular weight excluding hydrogens is 158 g/mol. The molecule has 1 aromatic heterocycles. The largest absolute Gasteiger partial charge is 0.264 e. The lowest BCUT2D eigenvalue weighted by molar-refractivity contribution is 0.565. The molecular formula is C12H15N. The minimum atomic E-state index is 0.822. The third kappa shape index (κ3) is 1.97. The van der Waals surface area contributed by atoms with E-state index in [0.717, 1.165) is 5.92 Å². The third-order valence-corrected chi connectivity index (χ3v) is 2.76. The number of hydrogen-bond acceptors (Lipinski definition) is 1. The summed E-state index contributed by atoms with van der Waals surface area (Å²) in [5.41, 5.74) is 2.79. The van der Waals surface area contributed by atoms with Crippen LogP contribution in [0.4, 0.5) is 0 Å². The van der Waals surface area contributed by atoms with Crippen LogP contribution in [0.3, 0.4) is 0 Å². The fourth-order valence-corrected chi connectivity index (χ4v) is 1.86. The molecule has 1 nitrogen and oxygen atoms in total. The second-order valence-corrected chi connectivity index (χ2v) is 3.82.